The molecule has 1 aliphatic rings. The van der Waals surface area contributed by atoms with Crippen molar-refractivity contribution >= 4 is 0 Å². The molecule has 0 fully saturated rings. The Kier molecular flexibility index (Phi) is 3.34. The number of hydrogen-bond acceptors (Lipinski definition) is 1. The second kappa shape index (κ2) is 4.58. The van der Waals surface area contributed by atoms with Crippen LogP contribution in [0.5, 0.6) is 0 Å². The van der Waals surface area contributed by atoms with Crippen LogP contribution in [-0.4, -0.2) is 6.54 Å². The molecule has 1 nitrogen and oxygen atoms in total. The molecule has 88 valence electrons. The van der Waals surface area contributed by atoms with E-state index in [1.165, 1.54) is 31.2 Å². The Morgan fingerprint density at radius 3 is 2.69 bits per heavy atom. The summed E-state index contributed by atoms with van der Waals surface area (Å²) < 4.78 is 0. The van der Waals surface area contributed by atoms with E-state index in [2.05, 4.69) is 32.0 Å². The van der Waals surface area contributed by atoms with Crippen LogP contribution < -0.4 is 5.73 Å². The number of nitrogens with two attached hydrogens (primary N) is 1. The average Bonchev–Trinajstić information content (AvgIpc) is 2.29. The smallest absolute Gasteiger partial charge is 0.00226 e. The van der Waals surface area contributed by atoms with Crippen LogP contribution in [0.15, 0.2) is 18.2 Å². The summed E-state index contributed by atoms with van der Waals surface area (Å²) in [6, 6.07) is 6.81. The first-order valence-electron chi connectivity index (χ1n) is 6.42. The van der Waals surface area contributed by atoms with Gasteiger partial charge in [0, 0.05) is 0 Å². The lowest BCUT2D eigenvalue weighted by atomic mass is 9.80. The summed E-state index contributed by atoms with van der Waals surface area (Å²) in [7, 11) is 0. The van der Waals surface area contributed by atoms with Gasteiger partial charge in [-0.25, -0.2) is 0 Å². The molecule has 1 aliphatic carbocycles. The number of rotatable bonds is 3. The zero-order valence-corrected chi connectivity index (χ0v) is 10.6. The van der Waals surface area contributed by atoms with E-state index in [1.54, 1.807) is 11.1 Å². The molecule has 0 bridgehead atoms. The first-order valence-corrected chi connectivity index (χ1v) is 6.42. The summed E-state index contributed by atoms with van der Waals surface area (Å²) in [5.74, 6) is 0. The third-order valence-corrected chi connectivity index (χ3v) is 3.71. The van der Waals surface area contributed by atoms with E-state index in [0.717, 1.165) is 13.0 Å². The van der Waals surface area contributed by atoms with Gasteiger partial charge in [-0.1, -0.05) is 32.0 Å². The zero-order valence-electron chi connectivity index (χ0n) is 10.6. The largest absolute Gasteiger partial charge is 0.330 e. The van der Waals surface area contributed by atoms with Crippen molar-refractivity contribution in [2.24, 2.45) is 11.1 Å². The van der Waals surface area contributed by atoms with Crippen molar-refractivity contribution in [3.8, 4) is 0 Å². The lowest BCUT2D eigenvalue weighted by Crippen LogP contribution is -2.26. The van der Waals surface area contributed by atoms with Gasteiger partial charge in [0.2, 0.25) is 0 Å². The Balaban J connectivity index is 2.27. The highest BCUT2D eigenvalue weighted by Crippen LogP contribution is 2.29. The molecule has 0 unspecified atom stereocenters. The molecule has 0 heterocycles. The average molecular weight is 217 g/mol. The van der Waals surface area contributed by atoms with E-state index in [0.29, 0.717) is 0 Å². The SMILES string of the molecule is CC(C)(CN)Cc1cccc2c1CCCC2. The van der Waals surface area contributed by atoms with Gasteiger partial charge in [0.15, 0.2) is 0 Å². The summed E-state index contributed by atoms with van der Waals surface area (Å²) in [4.78, 5) is 0. The van der Waals surface area contributed by atoms with Crippen LogP contribution in [0.4, 0.5) is 0 Å². The molecule has 0 radical (unpaired) electrons. The molecule has 1 aromatic rings. The van der Waals surface area contributed by atoms with Crippen molar-refractivity contribution in [1.29, 1.82) is 0 Å². The molecule has 0 aliphatic heterocycles. The number of hydrogen-bond donors (Lipinski definition) is 1. The Bertz CT molecular complexity index is 366. The minimum Gasteiger partial charge on any atom is -0.330 e. The molecule has 0 amide bonds. The predicted octanol–water partition coefficient (Wildman–Crippen LogP) is 3.09. The van der Waals surface area contributed by atoms with Crippen molar-refractivity contribution in [2.45, 2.75) is 46.0 Å². The first kappa shape index (κ1) is 11.7. The van der Waals surface area contributed by atoms with E-state index >= 15 is 0 Å². The van der Waals surface area contributed by atoms with Crippen molar-refractivity contribution in [3.05, 3.63) is 34.9 Å². The zero-order chi connectivity index (χ0) is 11.6. The maximum absolute atomic E-state index is 5.83. The molecule has 16 heavy (non-hydrogen) atoms. The van der Waals surface area contributed by atoms with Crippen LogP contribution in [0.2, 0.25) is 0 Å². The van der Waals surface area contributed by atoms with Gasteiger partial charge in [-0.05, 0) is 60.8 Å². The van der Waals surface area contributed by atoms with Gasteiger partial charge in [0.25, 0.3) is 0 Å². The van der Waals surface area contributed by atoms with E-state index in [1.807, 2.05) is 0 Å². The van der Waals surface area contributed by atoms with E-state index < -0.39 is 0 Å². The van der Waals surface area contributed by atoms with E-state index in [-0.39, 0.29) is 5.41 Å². The third-order valence-electron chi connectivity index (χ3n) is 3.71. The van der Waals surface area contributed by atoms with Gasteiger partial charge in [-0.15, -0.1) is 0 Å². The Morgan fingerprint density at radius 2 is 1.94 bits per heavy atom. The fourth-order valence-corrected chi connectivity index (χ4v) is 2.61. The second-order valence-electron chi connectivity index (χ2n) is 5.81. The molecule has 0 atom stereocenters. The van der Waals surface area contributed by atoms with Crippen molar-refractivity contribution in [3.63, 3.8) is 0 Å². The standard InChI is InChI=1S/C15H23N/c1-15(2,11-16)10-13-8-5-7-12-6-3-4-9-14(12)13/h5,7-8H,3-4,6,9-11,16H2,1-2H3. The van der Waals surface area contributed by atoms with Gasteiger partial charge in [0.1, 0.15) is 0 Å². The summed E-state index contributed by atoms with van der Waals surface area (Å²) in [5, 5.41) is 0. The molecule has 2 rings (SSSR count). The van der Waals surface area contributed by atoms with Crippen LogP contribution in [0.3, 0.4) is 0 Å². The van der Waals surface area contributed by atoms with Gasteiger partial charge in [-0.3, -0.25) is 0 Å². The molecule has 2 N–H and O–H groups in total. The molecule has 0 saturated carbocycles. The fourth-order valence-electron chi connectivity index (χ4n) is 2.61. The summed E-state index contributed by atoms with van der Waals surface area (Å²) in [6.07, 6.45) is 6.37. The second-order valence-corrected chi connectivity index (χ2v) is 5.81. The van der Waals surface area contributed by atoms with Gasteiger partial charge in [0.05, 0.1) is 0 Å². The molecule has 0 aromatic heterocycles. The van der Waals surface area contributed by atoms with Crippen molar-refractivity contribution in [2.75, 3.05) is 6.54 Å². The Morgan fingerprint density at radius 1 is 1.19 bits per heavy atom. The normalized spacial score (nSPS) is 15.9. The van der Waals surface area contributed by atoms with Crippen LogP contribution >= 0.6 is 0 Å². The Labute approximate surface area is 99.0 Å². The predicted molar refractivity (Wildman–Crippen MR) is 69.6 cm³/mol. The van der Waals surface area contributed by atoms with Crippen molar-refractivity contribution < 1.29 is 0 Å². The van der Waals surface area contributed by atoms with Crippen LogP contribution in [0.1, 0.15) is 43.4 Å². The molecule has 0 spiro atoms. The van der Waals surface area contributed by atoms with Gasteiger partial charge < -0.3 is 5.73 Å². The summed E-state index contributed by atoms with van der Waals surface area (Å²) >= 11 is 0. The van der Waals surface area contributed by atoms with Crippen LogP contribution in [0, 0.1) is 5.41 Å². The maximum Gasteiger partial charge on any atom is -0.00226 e. The summed E-state index contributed by atoms with van der Waals surface area (Å²) in [5.41, 5.74) is 10.8. The number of benzene rings is 1. The van der Waals surface area contributed by atoms with Crippen molar-refractivity contribution in [1.82, 2.24) is 0 Å². The monoisotopic (exact) mass is 217 g/mol. The van der Waals surface area contributed by atoms with Gasteiger partial charge in [-0.2, -0.15) is 0 Å². The molecule has 1 aromatic carbocycles. The van der Waals surface area contributed by atoms with Gasteiger partial charge >= 0.3 is 0 Å². The fraction of sp³-hybridized carbons (Fsp3) is 0.600. The minimum atomic E-state index is 0.229. The minimum absolute atomic E-state index is 0.229. The highest BCUT2D eigenvalue weighted by atomic mass is 14.6. The molecular formula is C15H23N. The lowest BCUT2D eigenvalue weighted by Gasteiger charge is -2.26. The van der Waals surface area contributed by atoms with E-state index in [4.69, 9.17) is 5.73 Å². The van der Waals surface area contributed by atoms with Crippen LogP contribution in [0.25, 0.3) is 0 Å². The Hall–Kier alpha value is -0.820. The number of fused-ring (bicyclic) bond motifs is 1. The lowest BCUT2D eigenvalue weighted by molar-refractivity contribution is 0.375. The molecular weight excluding hydrogens is 194 g/mol. The summed E-state index contributed by atoms with van der Waals surface area (Å²) in [6.45, 7) is 5.28. The highest BCUT2D eigenvalue weighted by molar-refractivity contribution is 5.37. The highest BCUT2D eigenvalue weighted by Gasteiger charge is 2.20. The molecule has 0 saturated heterocycles. The number of aryl methyl sites for hydroxylation is 1. The topological polar surface area (TPSA) is 26.0 Å². The molecule has 1 heteroatoms. The quantitative estimate of drug-likeness (QED) is 0.827. The third kappa shape index (κ3) is 2.46. The maximum atomic E-state index is 5.83. The first-order chi connectivity index (χ1) is 7.62. The van der Waals surface area contributed by atoms with Crippen LogP contribution in [-0.2, 0) is 19.3 Å². The van der Waals surface area contributed by atoms with E-state index in [9.17, 15) is 0 Å².